The molecule has 2 heterocycles. The summed E-state index contributed by atoms with van der Waals surface area (Å²) in [4.78, 5) is 9.26. The van der Waals surface area contributed by atoms with Crippen LogP contribution >= 0.6 is 0 Å². The van der Waals surface area contributed by atoms with E-state index >= 15 is 0 Å². The van der Waals surface area contributed by atoms with E-state index in [1.165, 1.54) is 0 Å². The van der Waals surface area contributed by atoms with E-state index in [9.17, 15) is 13.2 Å². The average molecular weight is 351 g/mol. The number of ether oxygens (including phenoxy) is 1. The van der Waals surface area contributed by atoms with Crippen LogP contribution < -0.4 is 4.90 Å². The molecular weight excluding hydrogens is 331 g/mol. The van der Waals surface area contributed by atoms with Crippen molar-refractivity contribution in [3.8, 4) is 0 Å². The molecule has 1 aliphatic heterocycles. The zero-order valence-corrected chi connectivity index (χ0v) is 13.8. The van der Waals surface area contributed by atoms with Gasteiger partial charge in [-0.15, -0.1) is 0 Å². The van der Waals surface area contributed by atoms with Gasteiger partial charge in [0, 0.05) is 19.2 Å². The Kier molecular flexibility index (Phi) is 5.53. The van der Waals surface area contributed by atoms with E-state index in [1.54, 1.807) is 6.07 Å². The van der Waals surface area contributed by atoms with Gasteiger partial charge in [-0.1, -0.05) is 30.3 Å². The van der Waals surface area contributed by atoms with Gasteiger partial charge in [-0.05, 0) is 24.8 Å². The predicted molar refractivity (Wildman–Crippen MR) is 88.0 cm³/mol. The summed E-state index contributed by atoms with van der Waals surface area (Å²) in [5.41, 5.74) is 1.21. The van der Waals surface area contributed by atoms with Crippen LogP contribution in [0.15, 0.2) is 36.4 Å². The summed E-state index contributed by atoms with van der Waals surface area (Å²) in [6, 6.07) is 11.1. The first kappa shape index (κ1) is 17.7. The van der Waals surface area contributed by atoms with E-state index in [4.69, 9.17) is 4.74 Å². The molecule has 0 aliphatic carbocycles. The highest BCUT2D eigenvalue weighted by molar-refractivity contribution is 5.40. The van der Waals surface area contributed by atoms with Crippen molar-refractivity contribution in [2.75, 3.05) is 18.0 Å². The van der Waals surface area contributed by atoms with Crippen molar-refractivity contribution in [2.45, 2.75) is 38.7 Å². The van der Waals surface area contributed by atoms with Crippen LogP contribution in [0.3, 0.4) is 0 Å². The standard InChI is InChI=1S/C18H20F3N3O/c19-18(20,21)17-22-15(13-25-12-14-7-3-1-4-8-14)11-16(23-17)24-9-5-2-6-10-24/h1,3-4,7-8,11H,2,5-6,9-10,12-13H2. The Bertz CT molecular complexity index is 686. The van der Waals surface area contributed by atoms with Gasteiger partial charge < -0.3 is 9.64 Å². The molecule has 1 saturated heterocycles. The molecule has 0 saturated carbocycles. The number of hydrogen-bond donors (Lipinski definition) is 0. The largest absolute Gasteiger partial charge is 0.451 e. The van der Waals surface area contributed by atoms with Crippen LogP contribution in [0.1, 0.15) is 36.3 Å². The third kappa shape index (κ3) is 4.92. The Morgan fingerprint density at radius 3 is 2.36 bits per heavy atom. The first-order valence-electron chi connectivity index (χ1n) is 8.34. The van der Waals surface area contributed by atoms with E-state index in [0.29, 0.717) is 12.4 Å². The van der Waals surface area contributed by atoms with Crippen molar-refractivity contribution in [1.82, 2.24) is 9.97 Å². The molecule has 0 bridgehead atoms. The summed E-state index contributed by atoms with van der Waals surface area (Å²) in [5.74, 6) is -0.769. The molecule has 0 N–H and O–H groups in total. The van der Waals surface area contributed by atoms with Crippen LogP contribution in [0.5, 0.6) is 0 Å². The van der Waals surface area contributed by atoms with Gasteiger partial charge in [0.1, 0.15) is 5.82 Å². The van der Waals surface area contributed by atoms with Gasteiger partial charge in [-0.25, -0.2) is 9.97 Å². The fourth-order valence-electron chi connectivity index (χ4n) is 2.82. The van der Waals surface area contributed by atoms with Crippen molar-refractivity contribution in [2.24, 2.45) is 0 Å². The molecule has 4 nitrogen and oxygen atoms in total. The average Bonchev–Trinajstić information content (AvgIpc) is 2.62. The van der Waals surface area contributed by atoms with Gasteiger partial charge in [0.15, 0.2) is 0 Å². The second-order valence-corrected chi connectivity index (χ2v) is 6.06. The summed E-state index contributed by atoms with van der Waals surface area (Å²) in [5, 5.41) is 0. The number of aromatic nitrogens is 2. The summed E-state index contributed by atoms with van der Waals surface area (Å²) < 4.78 is 44.9. The first-order valence-corrected chi connectivity index (χ1v) is 8.34. The maximum absolute atomic E-state index is 13.1. The van der Waals surface area contributed by atoms with Crippen molar-refractivity contribution in [3.05, 3.63) is 53.5 Å². The number of benzene rings is 1. The highest BCUT2D eigenvalue weighted by Gasteiger charge is 2.36. The smallest absolute Gasteiger partial charge is 0.370 e. The molecule has 0 atom stereocenters. The van der Waals surface area contributed by atoms with E-state index in [0.717, 1.165) is 37.9 Å². The molecular formula is C18H20F3N3O. The summed E-state index contributed by atoms with van der Waals surface area (Å²) >= 11 is 0. The third-order valence-corrected chi connectivity index (χ3v) is 4.06. The van der Waals surface area contributed by atoms with Crippen LogP contribution in [-0.2, 0) is 24.1 Å². The number of hydrogen-bond acceptors (Lipinski definition) is 4. The maximum atomic E-state index is 13.1. The van der Waals surface area contributed by atoms with Gasteiger partial charge in [-0.2, -0.15) is 13.2 Å². The second-order valence-electron chi connectivity index (χ2n) is 6.06. The van der Waals surface area contributed by atoms with Crippen LogP contribution in [0.4, 0.5) is 19.0 Å². The molecule has 0 amide bonds. The topological polar surface area (TPSA) is 38.2 Å². The van der Waals surface area contributed by atoms with Gasteiger partial charge in [-0.3, -0.25) is 0 Å². The Labute approximate surface area is 144 Å². The van der Waals surface area contributed by atoms with E-state index in [-0.39, 0.29) is 12.3 Å². The van der Waals surface area contributed by atoms with Crippen LogP contribution in [0.2, 0.25) is 0 Å². The summed E-state index contributed by atoms with van der Waals surface area (Å²) in [6.45, 7) is 1.78. The molecule has 0 unspecified atom stereocenters. The Morgan fingerprint density at radius 2 is 1.68 bits per heavy atom. The fourth-order valence-corrected chi connectivity index (χ4v) is 2.82. The Balaban J connectivity index is 1.74. The number of anilines is 1. The molecule has 1 fully saturated rings. The zero-order chi connectivity index (χ0) is 17.7. The van der Waals surface area contributed by atoms with Gasteiger partial charge in [0.2, 0.25) is 5.82 Å². The van der Waals surface area contributed by atoms with Gasteiger partial charge >= 0.3 is 6.18 Å². The minimum Gasteiger partial charge on any atom is -0.370 e. The highest BCUT2D eigenvalue weighted by atomic mass is 19.4. The number of nitrogens with zero attached hydrogens (tertiary/aromatic N) is 3. The van der Waals surface area contributed by atoms with Crippen molar-refractivity contribution < 1.29 is 17.9 Å². The third-order valence-electron chi connectivity index (χ3n) is 4.06. The van der Waals surface area contributed by atoms with Crippen LogP contribution in [0.25, 0.3) is 0 Å². The molecule has 0 spiro atoms. The summed E-state index contributed by atoms with van der Waals surface area (Å²) in [7, 11) is 0. The van der Waals surface area contributed by atoms with Crippen LogP contribution in [0, 0.1) is 0 Å². The zero-order valence-electron chi connectivity index (χ0n) is 13.8. The Morgan fingerprint density at radius 1 is 0.960 bits per heavy atom. The quantitative estimate of drug-likeness (QED) is 0.809. The molecule has 3 rings (SSSR count). The number of rotatable bonds is 5. The van der Waals surface area contributed by atoms with E-state index in [2.05, 4.69) is 9.97 Å². The molecule has 1 aliphatic rings. The lowest BCUT2D eigenvalue weighted by atomic mass is 10.1. The van der Waals surface area contributed by atoms with Gasteiger partial charge in [0.25, 0.3) is 0 Å². The van der Waals surface area contributed by atoms with Crippen molar-refractivity contribution >= 4 is 5.82 Å². The first-order chi connectivity index (χ1) is 12.0. The lowest BCUT2D eigenvalue weighted by Crippen LogP contribution is -2.31. The van der Waals surface area contributed by atoms with Crippen molar-refractivity contribution in [3.63, 3.8) is 0 Å². The van der Waals surface area contributed by atoms with Gasteiger partial charge in [0.05, 0.1) is 18.9 Å². The minimum absolute atomic E-state index is 0.0152. The monoisotopic (exact) mass is 351 g/mol. The van der Waals surface area contributed by atoms with Crippen LogP contribution in [-0.4, -0.2) is 23.1 Å². The Hall–Kier alpha value is -2.15. The molecule has 1 aromatic carbocycles. The molecule has 1 aromatic heterocycles. The van der Waals surface area contributed by atoms with E-state index < -0.39 is 12.0 Å². The normalized spacial score (nSPS) is 15.4. The molecule has 134 valence electrons. The van der Waals surface area contributed by atoms with E-state index in [1.807, 2.05) is 35.2 Å². The number of piperidine rings is 1. The SMILES string of the molecule is FC(F)(F)c1nc(COCc2ccccc2)cc(N2CCCCC2)n1. The molecule has 2 aromatic rings. The molecule has 0 radical (unpaired) electrons. The maximum Gasteiger partial charge on any atom is 0.451 e. The predicted octanol–water partition coefficient (Wildman–Crippen LogP) is 4.20. The van der Waals surface area contributed by atoms with Crippen molar-refractivity contribution in [1.29, 1.82) is 0 Å². The number of alkyl halides is 3. The lowest BCUT2D eigenvalue weighted by Gasteiger charge is -2.28. The fraction of sp³-hybridized carbons (Fsp3) is 0.444. The molecule has 7 heteroatoms. The minimum atomic E-state index is -4.57. The number of halogens is 3. The lowest BCUT2D eigenvalue weighted by molar-refractivity contribution is -0.145. The highest BCUT2D eigenvalue weighted by Crippen LogP contribution is 2.29. The second kappa shape index (κ2) is 7.82. The summed E-state index contributed by atoms with van der Waals surface area (Å²) in [6.07, 6.45) is -1.54. The molecule has 25 heavy (non-hydrogen) atoms.